The fourth-order valence-electron chi connectivity index (χ4n) is 8.98. The van der Waals surface area contributed by atoms with E-state index in [1.165, 1.54) is 23.3 Å². The third-order valence-electron chi connectivity index (χ3n) is 10.8. The van der Waals surface area contributed by atoms with Crippen LogP contribution in [0.4, 0.5) is 4.39 Å². The largest absolute Gasteiger partial charge is 0.335 e. The Morgan fingerprint density at radius 3 is 2.43 bits per heavy atom. The highest BCUT2D eigenvalue weighted by Crippen LogP contribution is 2.47. The Hall–Kier alpha value is -3.52. The standard InChI is InChI=1S/C36H44FN5O2/c1-20(2)41(21(3)4)35(43)30-17-24(37)6-11-32(30)40-19-31(29-12-13-38-18-33(29)40)23-15-26-8-9-27(16-23)42(26)36(44)34-28-10-7-25(39-34)14-22(28)5/h6,11-13,17-21,23,25-28,34,39H,5,7-10,14-16H2,1-4H3/t23?,25-,26?,27?,28-,34+/m1/s1. The van der Waals surface area contributed by atoms with Gasteiger partial charge in [-0.15, -0.1) is 0 Å². The second kappa shape index (κ2) is 11.1. The Labute approximate surface area is 259 Å². The lowest BCUT2D eigenvalue weighted by molar-refractivity contribution is -0.140. The van der Waals surface area contributed by atoms with E-state index in [2.05, 4.69) is 34.0 Å². The molecule has 5 atom stereocenters. The molecule has 2 unspecified atom stereocenters. The third kappa shape index (κ3) is 4.77. The van der Waals surface area contributed by atoms with Crippen LogP contribution in [0.1, 0.15) is 94.5 Å². The number of carbonyl (C=O) groups is 2. The first kappa shape index (κ1) is 29.2. The van der Waals surface area contributed by atoms with Gasteiger partial charge in [0, 0.05) is 53.9 Å². The molecule has 1 N–H and O–H groups in total. The zero-order valence-electron chi connectivity index (χ0n) is 26.3. The molecule has 4 aliphatic heterocycles. The molecule has 4 bridgehead atoms. The van der Waals surface area contributed by atoms with Crippen LogP contribution >= 0.6 is 0 Å². The Balaban J connectivity index is 1.22. The maximum atomic E-state index is 14.7. The first-order valence-corrected chi connectivity index (χ1v) is 16.5. The molecule has 8 heteroatoms. The highest BCUT2D eigenvalue weighted by Gasteiger charge is 2.49. The quantitative estimate of drug-likeness (QED) is 0.336. The van der Waals surface area contributed by atoms with Crippen molar-refractivity contribution in [3.63, 3.8) is 0 Å². The Kier molecular flexibility index (Phi) is 7.39. The van der Waals surface area contributed by atoms with Crippen molar-refractivity contribution in [2.45, 2.75) is 115 Å². The van der Waals surface area contributed by atoms with E-state index in [0.717, 1.165) is 55.8 Å². The van der Waals surface area contributed by atoms with Gasteiger partial charge in [0.15, 0.2) is 0 Å². The van der Waals surface area contributed by atoms with Crippen molar-refractivity contribution in [1.29, 1.82) is 0 Å². The average Bonchev–Trinajstić information content (AvgIpc) is 3.50. The minimum Gasteiger partial charge on any atom is -0.335 e. The molecule has 7 nitrogen and oxygen atoms in total. The van der Waals surface area contributed by atoms with Crippen LogP contribution < -0.4 is 5.32 Å². The van der Waals surface area contributed by atoms with Crippen molar-refractivity contribution in [2.75, 3.05) is 0 Å². The van der Waals surface area contributed by atoms with Crippen LogP contribution in [0, 0.1) is 11.7 Å². The summed E-state index contributed by atoms with van der Waals surface area (Å²) in [4.78, 5) is 36.4. The molecule has 44 heavy (non-hydrogen) atoms. The Morgan fingerprint density at radius 1 is 1.05 bits per heavy atom. The Morgan fingerprint density at radius 2 is 1.77 bits per heavy atom. The molecule has 5 aliphatic rings. The molecule has 5 fully saturated rings. The zero-order valence-corrected chi connectivity index (χ0v) is 26.3. The normalized spacial score (nSPS) is 28.0. The smallest absolute Gasteiger partial charge is 0.256 e. The summed E-state index contributed by atoms with van der Waals surface area (Å²) in [5.41, 5.74) is 4.35. The number of amides is 2. The molecule has 8 rings (SSSR count). The highest BCUT2D eigenvalue weighted by molar-refractivity contribution is 5.99. The molecule has 1 saturated carbocycles. The van der Waals surface area contributed by atoms with Crippen molar-refractivity contribution in [3.05, 3.63) is 72.0 Å². The second-order valence-electron chi connectivity index (χ2n) is 14.1. The number of pyridine rings is 1. The molecule has 2 amide bonds. The number of fused-ring (bicyclic) bond motifs is 6. The molecule has 3 aromatic rings. The van der Waals surface area contributed by atoms with Gasteiger partial charge in [-0.3, -0.25) is 14.6 Å². The Bertz CT molecular complexity index is 1610. The summed E-state index contributed by atoms with van der Waals surface area (Å²) >= 11 is 0. The fourth-order valence-corrected chi connectivity index (χ4v) is 8.98. The van der Waals surface area contributed by atoms with Crippen molar-refractivity contribution in [2.24, 2.45) is 5.92 Å². The molecule has 232 valence electrons. The van der Waals surface area contributed by atoms with Gasteiger partial charge in [0.1, 0.15) is 5.82 Å². The number of nitrogens with zero attached hydrogens (tertiary/aromatic N) is 4. The number of hydrogen-bond acceptors (Lipinski definition) is 4. The summed E-state index contributed by atoms with van der Waals surface area (Å²) < 4.78 is 16.7. The number of carbonyl (C=O) groups excluding carboxylic acids is 2. The molecule has 2 aromatic heterocycles. The van der Waals surface area contributed by atoms with E-state index in [1.807, 2.05) is 44.7 Å². The van der Waals surface area contributed by atoms with Gasteiger partial charge >= 0.3 is 0 Å². The van der Waals surface area contributed by atoms with E-state index in [1.54, 1.807) is 11.0 Å². The van der Waals surface area contributed by atoms with E-state index >= 15 is 0 Å². The SMILES string of the molecule is C=C1C[C@H]2CC[C@H]1[C@@H](C(=O)N1C3CCC1CC(c1cn(-c4ccc(F)cc4C(=O)N(C(C)C)C(C)C)c4cnccc14)C3)N2. The average molecular weight is 598 g/mol. The maximum Gasteiger partial charge on any atom is 0.256 e. The summed E-state index contributed by atoms with van der Waals surface area (Å²) in [7, 11) is 0. The van der Waals surface area contributed by atoms with Gasteiger partial charge < -0.3 is 19.7 Å². The molecule has 0 radical (unpaired) electrons. The van der Waals surface area contributed by atoms with Crippen LogP contribution in [0.2, 0.25) is 0 Å². The lowest BCUT2D eigenvalue weighted by atomic mass is 9.72. The number of rotatable bonds is 6. The summed E-state index contributed by atoms with van der Waals surface area (Å²) in [6.07, 6.45) is 12.9. The molecular weight excluding hydrogens is 553 g/mol. The van der Waals surface area contributed by atoms with Crippen LogP contribution in [0.5, 0.6) is 0 Å². The van der Waals surface area contributed by atoms with Crippen molar-refractivity contribution in [3.8, 4) is 5.69 Å². The first-order valence-electron chi connectivity index (χ1n) is 16.5. The maximum absolute atomic E-state index is 14.7. The van der Waals surface area contributed by atoms with Gasteiger partial charge in [0.05, 0.1) is 29.0 Å². The number of halogens is 1. The number of hydrogen-bond donors (Lipinski definition) is 1. The second-order valence-corrected chi connectivity index (χ2v) is 14.1. The van der Waals surface area contributed by atoms with Gasteiger partial charge in [-0.1, -0.05) is 12.2 Å². The fraction of sp³-hybridized carbons (Fsp3) is 0.528. The molecule has 1 aliphatic carbocycles. The molecule has 4 saturated heterocycles. The van der Waals surface area contributed by atoms with Crippen molar-refractivity contribution in [1.82, 2.24) is 24.7 Å². The van der Waals surface area contributed by atoms with E-state index in [-0.39, 0.29) is 53.9 Å². The summed E-state index contributed by atoms with van der Waals surface area (Å²) in [5.74, 6) is 0.181. The van der Waals surface area contributed by atoms with E-state index in [9.17, 15) is 14.0 Å². The van der Waals surface area contributed by atoms with Crippen LogP contribution in [0.3, 0.4) is 0 Å². The lowest BCUT2D eigenvalue weighted by Gasteiger charge is -2.48. The molecule has 1 aromatic carbocycles. The number of nitrogens with one attached hydrogen (secondary N) is 1. The topological polar surface area (TPSA) is 70.5 Å². The van der Waals surface area contributed by atoms with Gasteiger partial charge in [0.25, 0.3) is 5.91 Å². The monoisotopic (exact) mass is 597 g/mol. The lowest BCUT2D eigenvalue weighted by Crippen LogP contribution is -2.62. The molecule has 0 spiro atoms. The minimum atomic E-state index is -0.433. The highest BCUT2D eigenvalue weighted by atomic mass is 19.1. The van der Waals surface area contributed by atoms with Crippen molar-refractivity contribution >= 4 is 22.7 Å². The molecular formula is C36H44FN5O2. The molecule has 6 heterocycles. The predicted molar refractivity (Wildman–Crippen MR) is 170 cm³/mol. The summed E-state index contributed by atoms with van der Waals surface area (Å²) in [5, 5.41) is 4.75. The summed E-state index contributed by atoms with van der Waals surface area (Å²) in [6, 6.07) is 7.18. The number of piperidine rings is 3. The van der Waals surface area contributed by atoms with Crippen molar-refractivity contribution < 1.29 is 14.0 Å². The van der Waals surface area contributed by atoms with Gasteiger partial charge in [-0.25, -0.2) is 4.39 Å². The predicted octanol–water partition coefficient (Wildman–Crippen LogP) is 6.36. The zero-order chi connectivity index (χ0) is 30.9. The van der Waals surface area contributed by atoms with Crippen LogP contribution in [-0.2, 0) is 4.79 Å². The van der Waals surface area contributed by atoms with E-state index in [0.29, 0.717) is 17.3 Å². The minimum absolute atomic E-state index is 0.0299. The van der Waals surface area contributed by atoms with Crippen LogP contribution in [0.25, 0.3) is 16.6 Å². The number of aromatic nitrogens is 2. The van der Waals surface area contributed by atoms with Crippen LogP contribution in [0.15, 0.2) is 55.0 Å². The van der Waals surface area contributed by atoms with Gasteiger partial charge in [-0.2, -0.15) is 0 Å². The third-order valence-corrected chi connectivity index (χ3v) is 10.8. The van der Waals surface area contributed by atoms with Gasteiger partial charge in [0.2, 0.25) is 5.91 Å². The van der Waals surface area contributed by atoms with E-state index < -0.39 is 5.82 Å². The van der Waals surface area contributed by atoms with Gasteiger partial charge in [-0.05, 0) is 108 Å². The first-order chi connectivity index (χ1) is 21.1. The van der Waals surface area contributed by atoms with E-state index in [4.69, 9.17) is 0 Å². The summed E-state index contributed by atoms with van der Waals surface area (Å²) in [6.45, 7) is 12.3. The van der Waals surface area contributed by atoms with Crippen LogP contribution in [-0.4, -0.2) is 67.4 Å². The number of benzene rings is 1.